The highest BCUT2D eigenvalue weighted by molar-refractivity contribution is 5.90. The van der Waals surface area contributed by atoms with Crippen LogP contribution in [0.2, 0.25) is 0 Å². The van der Waals surface area contributed by atoms with E-state index in [9.17, 15) is 9.59 Å². The lowest BCUT2D eigenvalue weighted by Crippen LogP contribution is -2.41. The number of carboxylic acid groups (broad SMARTS) is 1. The summed E-state index contributed by atoms with van der Waals surface area (Å²) in [4.78, 5) is 24.8. The number of aryl methyl sites for hydroxylation is 1. The molecule has 1 amide bonds. The van der Waals surface area contributed by atoms with Crippen molar-refractivity contribution in [3.8, 4) is 0 Å². The monoisotopic (exact) mass is 302 g/mol. The molecule has 0 fully saturated rings. The summed E-state index contributed by atoms with van der Waals surface area (Å²) in [5.74, 6) is -1.14. The number of para-hydroxylation sites is 1. The summed E-state index contributed by atoms with van der Waals surface area (Å²) in [5.41, 5.74) is 2.04. The number of aliphatic carboxylic acids is 1. The van der Waals surface area contributed by atoms with Crippen LogP contribution in [0.5, 0.6) is 0 Å². The number of benzene rings is 1. The molecule has 5 nitrogen and oxygen atoms in total. The van der Waals surface area contributed by atoms with Gasteiger partial charge in [-0.1, -0.05) is 18.2 Å². The predicted molar refractivity (Wildman–Crippen MR) is 85.8 cm³/mol. The zero-order valence-corrected chi connectivity index (χ0v) is 13.2. The molecule has 0 aliphatic heterocycles. The van der Waals surface area contributed by atoms with Gasteiger partial charge in [-0.05, 0) is 32.4 Å². The van der Waals surface area contributed by atoms with Gasteiger partial charge in [0.15, 0.2) is 0 Å². The normalized spacial score (nSPS) is 11.1. The lowest BCUT2D eigenvalue weighted by Gasteiger charge is -2.24. The summed E-state index contributed by atoms with van der Waals surface area (Å²) in [5, 5.41) is 10.0. The topological polar surface area (TPSA) is 62.5 Å². The number of hydrogen-bond acceptors (Lipinski definition) is 2. The van der Waals surface area contributed by atoms with E-state index in [1.165, 1.54) is 4.90 Å². The third kappa shape index (κ3) is 3.30. The molecule has 1 aromatic carbocycles. The fraction of sp³-hybridized carbons (Fsp3) is 0.412. The summed E-state index contributed by atoms with van der Waals surface area (Å²) >= 11 is 0. The van der Waals surface area contributed by atoms with Crippen LogP contribution in [0.25, 0.3) is 10.9 Å². The van der Waals surface area contributed by atoms with Gasteiger partial charge in [-0.2, -0.15) is 0 Å². The maximum atomic E-state index is 12.5. The van der Waals surface area contributed by atoms with E-state index in [4.69, 9.17) is 5.11 Å². The molecule has 1 aromatic heterocycles. The van der Waals surface area contributed by atoms with Crippen LogP contribution < -0.4 is 0 Å². The summed E-state index contributed by atoms with van der Waals surface area (Å²) in [6.45, 7) is 6.29. The number of aromatic nitrogens is 1. The molecule has 118 valence electrons. The van der Waals surface area contributed by atoms with Gasteiger partial charge in [0.2, 0.25) is 5.91 Å². The van der Waals surface area contributed by atoms with Crippen LogP contribution in [-0.4, -0.2) is 39.0 Å². The summed E-state index contributed by atoms with van der Waals surface area (Å²) in [7, 11) is 0. The van der Waals surface area contributed by atoms with Gasteiger partial charge in [0, 0.05) is 29.7 Å². The van der Waals surface area contributed by atoms with Crippen LogP contribution in [0.15, 0.2) is 30.5 Å². The maximum Gasteiger partial charge on any atom is 0.323 e. The van der Waals surface area contributed by atoms with Crippen LogP contribution >= 0.6 is 0 Å². The van der Waals surface area contributed by atoms with Crippen molar-refractivity contribution in [3.05, 3.63) is 36.0 Å². The van der Waals surface area contributed by atoms with E-state index in [-0.39, 0.29) is 24.9 Å². The Hall–Kier alpha value is -2.30. The Morgan fingerprint density at radius 1 is 1.27 bits per heavy atom. The molecule has 0 radical (unpaired) electrons. The SMILES string of the molecule is CCn1cc(CC(=O)N(CC(=O)O)C(C)C)c2ccccc21. The zero-order chi connectivity index (χ0) is 16.3. The highest BCUT2D eigenvalue weighted by Crippen LogP contribution is 2.22. The van der Waals surface area contributed by atoms with E-state index in [0.717, 1.165) is 23.0 Å². The van der Waals surface area contributed by atoms with E-state index in [1.807, 2.05) is 44.3 Å². The molecule has 0 saturated heterocycles. The first-order valence-corrected chi connectivity index (χ1v) is 7.52. The lowest BCUT2D eigenvalue weighted by molar-refractivity contribution is -0.145. The molecule has 0 spiro atoms. The van der Waals surface area contributed by atoms with Crippen LogP contribution in [0, 0.1) is 0 Å². The summed E-state index contributed by atoms with van der Waals surface area (Å²) < 4.78 is 2.11. The average Bonchev–Trinajstić information content (AvgIpc) is 2.82. The minimum absolute atomic E-state index is 0.136. The first-order valence-electron chi connectivity index (χ1n) is 7.52. The minimum atomic E-state index is -0.988. The third-order valence-corrected chi connectivity index (χ3v) is 3.80. The Morgan fingerprint density at radius 3 is 2.55 bits per heavy atom. The largest absolute Gasteiger partial charge is 0.480 e. The van der Waals surface area contributed by atoms with E-state index in [2.05, 4.69) is 11.5 Å². The molecule has 0 bridgehead atoms. The molecule has 0 unspecified atom stereocenters. The number of nitrogens with zero attached hydrogens (tertiary/aromatic N) is 2. The molecule has 5 heteroatoms. The fourth-order valence-electron chi connectivity index (χ4n) is 2.69. The second-order valence-electron chi connectivity index (χ2n) is 5.64. The average molecular weight is 302 g/mol. The molecule has 2 aromatic rings. The standard InChI is InChI=1S/C17H22N2O3/c1-4-18-10-13(14-7-5-6-8-15(14)18)9-16(20)19(12(2)3)11-17(21)22/h5-8,10,12H,4,9,11H2,1-3H3,(H,21,22). The number of carbonyl (C=O) groups is 2. The van der Waals surface area contributed by atoms with Crippen molar-refractivity contribution < 1.29 is 14.7 Å². The Bertz CT molecular complexity index is 688. The number of hydrogen-bond donors (Lipinski definition) is 1. The van der Waals surface area contributed by atoms with Crippen molar-refractivity contribution >= 4 is 22.8 Å². The van der Waals surface area contributed by atoms with Gasteiger partial charge in [-0.25, -0.2) is 0 Å². The van der Waals surface area contributed by atoms with Gasteiger partial charge in [-0.3, -0.25) is 9.59 Å². The van der Waals surface area contributed by atoms with Crippen molar-refractivity contribution in [1.29, 1.82) is 0 Å². The van der Waals surface area contributed by atoms with E-state index >= 15 is 0 Å². The highest BCUT2D eigenvalue weighted by atomic mass is 16.4. The number of amides is 1. The Labute approximate surface area is 130 Å². The molecule has 0 aliphatic carbocycles. The quantitative estimate of drug-likeness (QED) is 0.892. The lowest BCUT2D eigenvalue weighted by atomic mass is 10.1. The maximum absolute atomic E-state index is 12.5. The number of fused-ring (bicyclic) bond motifs is 1. The van der Waals surface area contributed by atoms with Crippen molar-refractivity contribution in [1.82, 2.24) is 9.47 Å². The van der Waals surface area contributed by atoms with Crippen molar-refractivity contribution in [2.45, 2.75) is 39.8 Å². The summed E-state index contributed by atoms with van der Waals surface area (Å²) in [6.07, 6.45) is 2.21. The zero-order valence-electron chi connectivity index (χ0n) is 13.2. The Morgan fingerprint density at radius 2 is 1.95 bits per heavy atom. The molecule has 0 saturated carbocycles. The van der Waals surface area contributed by atoms with Gasteiger partial charge in [0.25, 0.3) is 0 Å². The van der Waals surface area contributed by atoms with Crippen LogP contribution in [0.4, 0.5) is 0 Å². The number of carbonyl (C=O) groups excluding carboxylic acids is 1. The molecular formula is C17H22N2O3. The summed E-state index contributed by atoms with van der Waals surface area (Å²) in [6, 6.07) is 7.83. The molecule has 22 heavy (non-hydrogen) atoms. The molecule has 0 atom stereocenters. The van der Waals surface area contributed by atoms with Crippen LogP contribution in [0.1, 0.15) is 26.3 Å². The number of rotatable bonds is 6. The van der Waals surface area contributed by atoms with Crippen molar-refractivity contribution in [3.63, 3.8) is 0 Å². The van der Waals surface area contributed by atoms with Crippen LogP contribution in [0.3, 0.4) is 0 Å². The van der Waals surface area contributed by atoms with E-state index in [1.54, 1.807) is 0 Å². The fourth-order valence-corrected chi connectivity index (χ4v) is 2.69. The van der Waals surface area contributed by atoms with Gasteiger partial charge in [0.05, 0.1) is 6.42 Å². The van der Waals surface area contributed by atoms with Gasteiger partial charge < -0.3 is 14.6 Å². The molecule has 2 rings (SSSR count). The van der Waals surface area contributed by atoms with Gasteiger partial charge in [0.1, 0.15) is 6.54 Å². The van der Waals surface area contributed by atoms with Crippen molar-refractivity contribution in [2.75, 3.05) is 6.54 Å². The predicted octanol–water partition coefficient (Wildman–Crippen LogP) is 2.53. The Balaban J connectivity index is 2.29. The second-order valence-corrected chi connectivity index (χ2v) is 5.64. The molecule has 1 heterocycles. The Kier molecular flexibility index (Phi) is 4.85. The molecular weight excluding hydrogens is 280 g/mol. The minimum Gasteiger partial charge on any atom is -0.480 e. The van der Waals surface area contributed by atoms with E-state index in [0.29, 0.717) is 0 Å². The van der Waals surface area contributed by atoms with Crippen molar-refractivity contribution in [2.24, 2.45) is 0 Å². The van der Waals surface area contributed by atoms with Gasteiger partial charge >= 0.3 is 5.97 Å². The first kappa shape index (κ1) is 16.1. The molecule has 0 aliphatic rings. The third-order valence-electron chi connectivity index (χ3n) is 3.80. The molecule has 1 N–H and O–H groups in total. The first-order chi connectivity index (χ1) is 10.4. The number of carboxylic acids is 1. The van der Waals surface area contributed by atoms with Gasteiger partial charge in [-0.15, -0.1) is 0 Å². The second kappa shape index (κ2) is 6.64. The van der Waals surface area contributed by atoms with Crippen LogP contribution in [-0.2, 0) is 22.6 Å². The highest BCUT2D eigenvalue weighted by Gasteiger charge is 2.21. The smallest absolute Gasteiger partial charge is 0.323 e. The van der Waals surface area contributed by atoms with E-state index < -0.39 is 5.97 Å².